The fourth-order valence-electron chi connectivity index (χ4n) is 1.64. The van der Waals surface area contributed by atoms with Gasteiger partial charge in [-0.1, -0.05) is 17.7 Å². The molecular weight excluding hydrogens is 302 g/mol. The quantitative estimate of drug-likeness (QED) is 0.843. The summed E-state index contributed by atoms with van der Waals surface area (Å²) in [5, 5.41) is 4.90. The molecule has 0 aliphatic rings. The molecule has 21 heavy (non-hydrogen) atoms. The molecule has 2 aromatic rings. The maximum Gasteiger partial charge on any atom is 0.192 e. The lowest BCUT2D eigenvalue weighted by molar-refractivity contribution is 0.424. The normalized spacial score (nSPS) is 11.7. The van der Waals surface area contributed by atoms with Crippen LogP contribution < -0.4 is 5.32 Å². The van der Waals surface area contributed by atoms with Crippen LogP contribution in [-0.4, -0.2) is 15.5 Å². The van der Waals surface area contributed by atoms with E-state index >= 15 is 0 Å². The molecule has 0 fully saturated rings. The van der Waals surface area contributed by atoms with Gasteiger partial charge in [0, 0.05) is 29.4 Å². The highest BCUT2D eigenvalue weighted by atomic mass is 35.5. The van der Waals surface area contributed by atoms with Crippen molar-refractivity contribution in [3.63, 3.8) is 0 Å². The van der Waals surface area contributed by atoms with Crippen LogP contribution in [0.1, 0.15) is 31.9 Å². The lowest BCUT2D eigenvalue weighted by Crippen LogP contribution is -2.35. The molecule has 0 aliphatic heterocycles. The van der Waals surface area contributed by atoms with Gasteiger partial charge in [-0.2, -0.15) is 0 Å². The van der Waals surface area contributed by atoms with Gasteiger partial charge in [-0.05, 0) is 62.7 Å². The second-order valence-corrected chi connectivity index (χ2v) is 7.43. The molecule has 0 bridgehead atoms. The van der Waals surface area contributed by atoms with Crippen molar-refractivity contribution in [3.8, 4) is 0 Å². The van der Waals surface area contributed by atoms with Crippen LogP contribution in [0, 0.1) is 6.92 Å². The van der Waals surface area contributed by atoms with Crippen molar-refractivity contribution in [1.82, 2.24) is 15.3 Å². The molecule has 0 saturated heterocycles. The molecule has 2 rings (SSSR count). The Morgan fingerprint density at radius 1 is 1.19 bits per heavy atom. The Morgan fingerprint density at radius 2 is 1.86 bits per heavy atom. The third kappa shape index (κ3) is 5.30. The van der Waals surface area contributed by atoms with E-state index in [0.717, 1.165) is 22.0 Å². The lowest BCUT2D eigenvalue weighted by atomic mass is 10.1. The molecule has 0 radical (unpaired) electrons. The Kier molecular flexibility index (Phi) is 5.25. The summed E-state index contributed by atoms with van der Waals surface area (Å²) in [6, 6.07) is 6.11. The van der Waals surface area contributed by atoms with Gasteiger partial charge in [-0.3, -0.25) is 0 Å². The summed E-state index contributed by atoms with van der Waals surface area (Å²) in [4.78, 5) is 9.55. The number of benzene rings is 1. The number of halogens is 1. The molecule has 1 heterocycles. The van der Waals surface area contributed by atoms with Crippen molar-refractivity contribution < 1.29 is 0 Å². The first kappa shape index (κ1) is 16.3. The van der Waals surface area contributed by atoms with Gasteiger partial charge in [0.25, 0.3) is 0 Å². The maximum absolute atomic E-state index is 6.36. The SMILES string of the molecule is Cc1cnc(Sc2ccc(CNC(C)(C)C)cc2Cl)nc1. The van der Waals surface area contributed by atoms with Crippen LogP contribution in [-0.2, 0) is 6.54 Å². The summed E-state index contributed by atoms with van der Waals surface area (Å²) in [5.74, 6) is 0. The average Bonchev–Trinajstić information content (AvgIpc) is 2.41. The first-order valence-corrected chi connectivity index (χ1v) is 8.03. The number of aromatic nitrogens is 2. The molecule has 0 unspecified atom stereocenters. The van der Waals surface area contributed by atoms with E-state index < -0.39 is 0 Å². The van der Waals surface area contributed by atoms with E-state index in [-0.39, 0.29) is 5.54 Å². The zero-order valence-corrected chi connectivity index (χ0v) is 14.3. The van der Waals surface area contributed by atoms with E-state index in [4.69, 9.17) is 11.6 Å². The monoisotopic (exact) mass is 321 g/mol. The lowest BCUT2D eigenvalue weighted by Gasteiger charge is -2.20. The van der Waals surface area contributed by atoms with Crippen LogP contribution in [0.15, 0.2) is 40.6 Å². The van der Waals surface area contributed by atoms with Crippen molar-refractivity contribution in [2.75, 3.05) is 0 Å². The van der Waals surface area contributed by atoms with Gasteiger partial charge in [-0.25, -0.2) is 9.97 Å². The Morgan fingerprint density at radius 3 is 2.43 bits per heavy atom. The highest BCUT2D eigenvalue weighted by Gasteiger charge is 2.10. The minimum absolute atomic E-state index is 0.0929. The van der Waals surface area contributed by atoms with Crippen LogP contribution in [0.5, 0.6) is 0 Å². The predicted molar refractivity (Wildman–Crippen MR) is 88.9 cm³/mol. The minimum Gasteiger partial charge on any atom is -0.308 e. The minimum atomic E-state index is 0.0929. The number of aryl methyl sites for hydroxylation is 1. The molecule has 1 N–H and O–H groups in total. The molecule has 0 saturated carbocycles. The first-order chi connectivity index (χ1) is 9.83. The Labute approximate surface area is 135 Å². The smallest absolute Gasteiger partial charge is 0.192 e. The van der Waals surface area contributed by atoms with Crippen LogP contribution in [0.25, 0.3) is 0 Å². The molecule has 5 heteroatoms. The van der Waals surface area contributed by atoms with E-state index in [0.29, 0.717) is 5.16 Å². The first-order valence-electron chi connectivity index (χ1n) is 6.83. The van der Waals surface area contributed by atoms with Gasteiger partial charge in [0.2, 0.25) is 0 Å². The summed E-state index contributed by atoms with van der Waals surface area (Å²) >= 11 is 7.84. The topological polar surface area (TPSA) is 37.8 Å². The van der Waals surface area contributed by atoms with E-state index in [1.54, 1.807) is 0 Å². The number of rotatable bonds is 4. The Hall–Kier alpha value is -1.10. The van der Waals surface area contributed by atoms with E-state index in [2.05, 4.69) is 42.1 Å². The number of nitrogens with zero attached hydrogens (tertiary/aromatic N) is 2. The molecule has 0 amide bonds. The van der Waals surface area contributed by atoms with E-state index in [9.17, 15) is 0 Å². The zero-order chi connectivity index (χ0) is 15.5. The molecule has 1 aromatic heterocycles. The predicted octanol–water partition coefficient (Wildman–Crippen LogP) is 4.48. The number of hydrogen-bond donors (Lipinski definition) is 1. The number of hydrogen-bond acceptors (Lipinski definition) is 4. The van der Waals surface area contributed by atoms with Crippen LogP contribution in [0.3, 0.4) is 0 Å². The van der Waals surface area contributed by atoms with Crippen molar-refractivity contribution in [2.24, 2.45) is 0 Å². The molecular formula is C16H20ClN3S. The summed E-state index contributed by atoms with van der Waals surface area (Å²) in [6.45, 7) is 9.21. The van der Waals surface area contributed by atoms with Crippen molar-refractivity contribution in [3.05, 3.63) is 46.7 Å². The van der Waals surface area contributed by atoms with Crippen LogP contribution in [0.2, 0.25) is 5.02 Å². The second kappa shape index (κ2) is 6.77. The standard InChI is InChI=1S/C16H20ClN3S/c1-11-8-18-15(19-9-11)21-14-6-5-12(7-13(14)17)10-20-16(2,3)4/h5-9,20H,10H2,1-4H3. The average molecular weight is 322 g/mol. The van der Waals surface area contributed by atoms with E-state index in [1.165, 1.54) is 17.3 Å². The molecule has 112 valence electrons. The highest BCUT2D eigenvalue weighted by Crippen LogP contribution is 2.31. The summed E-state index contributed by atoms with van der Waals surface area (Å²) < 4.78 is 0. The Balaban J connectivity index is 2.07. The fraction of sp³-hybridized carbons (Fsp3) is 0.375. The van der Waals surface area contributed by atoms with Crippen LogP contribution >= 0.6 is 23.4 Å². The third-order valence-electron chi connectivity index (χ3n) is 2.78. The van der Waals surface area contributed by atoms with Gasteiger partial charge in [-0.15, -0.1) is 0 Å². The molecule has 0 spiro atoms. The van der Waals surface area contributed by atoms with Gasteiger partial charge < -0.3 is 5.32 Å². The maximum atomic E-state index is 6.36. The van der Waals surface area contributed by atoms with Crippen molar-refractivity contribution in [1.29, 1.82) is 0 Å². The van der Waals surface area contributed by atoms with Gasteiger partial charge >= 0.3 is 0 Å². The van der Waals surface area contributed by atoms with E-state index in [1.807, 2.05) is 31.5 Å². The van der Waals surface area contributed by atoms with Crippen LogP contribution in [0.4, 0.5) is 0 Å². The van der Waals surface area contributed by atoms with Gasteiger partial charge in [0.15, 0.2) is 5.16 Å². The fourth-order valence-corrected chi connectivity index (χ4v) is 2.65. The second-order valence-electron chi connectivity index (χ2n) is 6.01. The summed E-state index contributed by atoms with van der Waals surface area (Å²) in [6.07, 6.45) is 3.62. The van der Waals surface area contributed by atoms with Crippen molar-refractivity contribution in [2.45, 2.75) is 49.8 Å². The van der Waals surface area contributed by atoms with Crippen molar-refractivity contribution >= 4 is 23.4 Å². The highest BCUT2D eigenvalue weighted by molar-refractivity contribution is 7.99. The summed E-state index contributed by atoms with van der Waals surface area (Å²) in [5.41, 5.74) is 2.31. The molecule has 3 nitrogen and oxygen atoms in total. The molecule has 1 aromatic carbocycles. The Bertz CT molecular complexity index is 606. The third-order valence-corrected chi connectivity index (χ3v) is 4.17. The van der Waals surface area contributed by atoms with Gasteiger partial charge in [0.1, 0.15) is 0 Å². The largest absolute Gasteiger partial charge is 0.308 e. The zero-order valence-electron chi connectivity index (χ0n) is 12.8. The summed E-state index contributed by atoms with van der Waals surface area (Å²) in [7, 11) is 0. The molecule has 0 aliphatic carbocycles. The van der Waals surface area contributed by atoms with Gasteiger partial charge in [0.05, 0.1) is 5.02 Å². The molecule has 0 atom stereocenters. The number of nitrogens with one attached hydrogen (secondary N) is 1.